The molecule has 3 aromatic rings. The molecule has 4 rings (SSSR count). The van der Waals surface area contributed by atoms with E-state index in [2.05, 4.69) is 17.5 Å². The van der Waals surface area contributed by atoms with Crippen LogP contribution in [0.25, 0.3) is 23.3 Å². The van der Waals surface area contributed by atoms with Crippen LogP contribution < -0.4 is 10.1 Å². The van der Waals surface area contributed by atoms with Crippen LogP contribution in [0.5, 0.6) is 5.75 Å². The lowest BCUT2D eigenvalue weighted by Crippen LogP contribution is -2.54. The van der Waals surface area contributed by atoms with Crippen LogP contribution in [0.1, 0.15) is 27.8 Å². The Morgan fingerprint density at radius 3 is 2.66 bits per heavy atom. The van der Waals surface area contributed by atoms with E-state index in [1.165, 1.54) is 0 Å². The summed E-state index contributed by atoms with van der Waals surface area (Å²) in [5.41, 5.74) is 6.30. The summed E-state index contributed by atoms with van der Waals surface area (Å²) in [5, 5.41) is 22.8. The number of nitriles is 1. The molecule has 3 aromatic carbocycles. The summed E-state index contributed by atoms with van der Waals surface area (Å²) < 4.78 is 11.3. The Morgan fingerprint density at radius 2 is 1.92 bits per heavy atom. The molecule has 1 aliphatic heterocycles. The number of benzene rings is 3. The number of nitrogens with one attached hydrogen (secondary N) is 1. The zero-order valence-corrected chi connectivity index (χ0v) is 21.8. The molecular weight excluding hydrogens is 478 g/mol. The molecule has 0 aromatic heterocycles. The van der Waals surface area contributed by atoms with Gasteiger partial charge in [0.05, 0.1) is 12.2 Å². The van der Waals surface area contributed by atoms with E-state index in [4.69, 9.17) is 9.47 Å². The molecule has 0 bridgehead atoms. The van der Waals surface area contributed by atoms with Gasteiger partial charge in [0.15, 0.2) is 0 Å². The van der Waals surface area contributed by atoms with Gasteiger partial charge in [0, 0.05) is 44.4 Å². The second-order valence-electron chi connectivity index (χ2n) is 9.27. The molecule has 0 saturated carbocycles. The van der Waals surface area contributed by atoms with Gasteiger partial charge in [-0.15, -0.1) is 0 Å². The molecule has 0 radical (unpaired) electrons. The van der Waals surface area contributed by atoms with Crippen LogP contribution in [-0.4, -0.2) is 62.0 Å². The Morgan fingerprint density at radius 1 is 1.13 bits per heavy atom. The third-order valence-corrected chi connectivity index (χ3v) is 6.74. The molecule has 1 heterocycles. The number of methoxy groups -OCH3 is 1. The molecule has 0 amide bonds. The molecular formula is C31H33N3O4. The molecule has 38 heavy (non-hydrogen) atoms. The average Bonchev–Trinajstić information content (AvgIpc) is 2.94. The Balaban J connectivity index is 1.66. The summed E-state index contributed by atoms with van der Waals surface area (Å²) >= 11 is 0. The zero-order chi connectivity index (χ0) is 26.9. The van der Waals surface area contributed by atoms with E-state index in [9.17, 15) is 15.2 Å². The van der Waals surface area contributed by atoms with Gasteiger partial charge in [-0.25, -0.2) is 0 Å². The molecule has 1 fully saturated rings. The largest absolute Gasteiger partial charge is 0.491 e. The Kier molecular flexibility index (Phi) is 9.28. The summed E-state index contributed by atoms with van der Waals surface area (Å²) in [6.45, 7) is 5.14. The van der Waals surface area contributed by atoms with Crippen molar-refractivity contribution in [1.82, 2.24) is 10.2 Å². The smallest absolute Gasteiger partial charge is 0.322 e. The first kappa shape index (κ1) is 27.1. The topological polar surface area (TPSA) is 94.8 Å². The maximum absolute atomic E-state index is 11.8. The van der Waals surface area contributed by atoms with Crippen molar-refractivity contribution in [2.24, 2.45) is 0 Å². The van der Waals surface area contributed by atoms with Gasteiger partial charge in [-0.1, -0.05) is 66.7 Å². The van der Waals surface area contributed by atoms with Crippen molar-refractivity contribution < 1.29 is 19.4 Å². The molecule has 1 unspecified atom stereocenters. The zero-order valence-electron chi connectivity index (χ0n) is 21.8. The van der Waals surface area contributed by atoms with Gasteiger partial charge in [-0.3, -0.25) is 9.69 Å². The van der Waals surface area contributed by atoms with E-state index in [1.54, 1.807) is 7.11 Å². The fourth-order valence-corrected chi connectivity index (χ4v) is 4.71. The van der Waals surface area contributed by atoms with Gasteiger partial charge in [-0.2, -0.15) is 5.26 Å². The van der Waals surface area contributed by atoms with Crippen LogP contribution in [0, 0.1) is 18.3 Å². The van der Waals surface area contributed by atoms with Gasteiger partial charge in [0.1, 0.15) is 24.5 Å². The van der Waals surface area contributed by atoms with Crippen LogP contribution >= 0.6 is 0 Å². The number of carbonyl (C=O) groups is 1. The third-order valence-electron chi connectivity index (χ3n) is 6.74. The maximum atomic E-state index is 11.8. The summed E-state index contributed by atoms with van der Waals surface area (Å²) in [4.78, 5) is 13.8. The fourth-order valence-electron chi connectivity index (χ4n) is 4.71. The minimum Gasteiger partial charge on any atom is -0.491 e. The summed E-state index contributed by atoms with van der Waals surface area (Å²) in [7, 11) is 1.63. The van der Waals surface area contributed by atoms with Crippen LogP contribution in [0.4, 0.5) is 0 Å². The van der Waals surface area contributed by atoms with Crippen LogP contribution in [0.3, 0.4) is 0 Å². The second kappa shape index (κ2) is 13.0. The lowest BCUT2D eigenvalue weighted by molar-refractivity contribution is -0.144. The highest BCUT2D eigenvalue weighted by Gasteiger charge is 2.29. The van der Waals surface area contributed by atoms with Gasteiger partial charge in [0.25, 0.3) is 0 Å². The van der Waals surface area contributed by atoms with Crippen LogP contribution in [0.2, 0.25) is 0 Å². The predicted octanol–water partition coefficient (Wildman–Crippen LogP) is 4.59. The normalized spacial score (nSPS) is 15.9. The fraction of sp³-hybridized carbons (Fsp3) is 0.290. The van der Waals surface area contributed by atoms with Crippen molar-refractivity contribution in [3.8, 4) is 22.9 Å². The van der Waals surface area contributed by atoms with Gasteiger partial charge < -0.3 is 19.9 Å². The van der Waals surface area contributed by atoms with E-state index in [0.29, 0.717) is 44.2 Å². The number of rotatable bonds is 10. The molecule has 2 N–H and O–H groups in total. The molecule has 196 valence electrons. The van der Waals surface area contributed by atoms with E-state index in [-0.39, 0.29) is 0 Å². The molecule has 7 heteroatoms. The second-order valence-corrected chi connectivity index (χ2v) is 9.27. The van der Waals surface area contributed by atoms with E-state index in [0.717, 1.165) is 39.9 Å². The number of hydrogen-bond donors (Lipinski definition) is 2. The molecule has 1 aliphatic rings. The average molecular weight is 512 g/mol. The number of carboxylic acids is 1. The highest BCUT2D eigenvalue weighted by molar-refractivity contribution is 5.81. The molecule has 0 aliphatic carbocycles. The minimum absolute atomic E-state index is 0.386. The lowest BCUT2D eigenvalue weighted by atomic mass is 9.95. The van der Waals surface area contributed by atoms with E-state index in [1.807, 2.05) is 78.6 Å². The predicted molar refractivity (Wildman–Crippen MR) is 149 cm³/mol. The molecule has 0 spiro atoms. The Bertz CT molecular complexity index is 1330. The number of piperazine rings is 1. The minimum atomic E-state index is -0.832. The Labute approximate surface area is 223 Å². The van der Waals surface area contributed by atoms with Crippen molar-refractivity contribution in [2.45, 2.75) is 19.5 Å². The highest BCUT2D eigenvalue weighted by atomic mass is 16.5. The monoisotopic (exact) mass is 511 g/mol. The first-order valence-corrected chi connectivity index (χ1v) is 12.7. The van der Waals surface area contributed by atoms with Crippen molar-refractivity contribution in [3.05, 3.63) is 88.5 Å². The Hall–Kier alpha value is -3.96. The summed E-state index contributed by atoms with van der Waals surface area (Å²) in [6, 6.07) is 21.6. The first-order valence-electron chi connectivity index (χ1n) is 12.7. The number of aliphatic carboxylic acids is 1. The van der Waals surface area contributed by atoms with Gasteiger partial charge in [0.2, 0.25) is 0 Å². The van der Waals surface area contributed by atoms with E-state index < -0.39 is 12.0 Å². The number of aryl methyl sites for hydroxylation is 1. The molecule has 7 nitrogen and oxygen atoms in total. The molecule has 1 saturated heterocycles. The van der Waals surface area contributed by atoms with Crippen molar-refractivity contribution in [2.75, 3.05) is 40.0 Å². The number of nitrogens with zero attached hydrogens (tertiary/aromatic N) is 2. The van der Waals surface area contributed by atoms with Crippen molar-refractivity contribution in [1.29, 1.82) is 5.26 Å². The molecule has 1 atom stereocenters. The standard InChI is InChI=1S/C31H33N3O4/c1-22-17-26(21-34-14-13-33-20-29(34)31(35)36)30(38-16-15-37-2)18-25(22)12-11-24-9-6-10-27(28(24)19-32)23-7-4-3-5-8-23/h3-12,17-18,29,33H,13-16,20-21H2,1-2H3,(H,35,36). The van der Waals surface area contributed by atoms with Crippen molar-refractivity contribution in [3.63, 3.8) is 0 Å². The summed E-state index contributed by atoms with van der Waals surface area (Å²) in [5.74, 6) is -0.130. The van der Waals surface area contributed by atoms with Gasteiger partial charge in [-0.05, 0) is 35.2 Å². The number of carboxylic acid groups (broad SMARTS) is 1. The SMILES string of the molecule is COCCOc1cc(C=Cc2cccc(-c3ccccc3)c2C#N)c(C)cc1CN1CCNCC1C(=O)O. The quantitative estimate of drug-likeness (QED) is 0.304. The first-order chi connectivity index (χ1) is 18.5. The third kappa shape index (κ3) is 6.48. The lowest BCUT2D eigenvalue weighted by Gasteiger charge is -2.34. The van der Waals surface area contributed by atoms with Crippen molar-refractivity contribution >= 4 is 18.1 Å². The maximum Gasteiger partial charge on any atom is 0.322 e. The van der Waals surface area contributed by atoms with Crippen LogP contribution in [-0.2, 0) is 16.1 Å². The number of hydrogen-bond acceptors (Lipinski definition) is 6. The van der Waals surface area contributed by atoms with E-state index >= 15 is 0 Å². The van der Waals surface area contributed by atoms with Crippen LogP contribution in [0.15, 0.2) is 60.7 Å². The summed E-state index contributed by atoms with van der Waals surface area (Å²) in [6.07, 6.45) is 3.96. The number of ether oxygens (including phenoxy) is 2. The van der Waals surface area contributed by atoms with Gasteiger partial charge >= 0.3 is 5.97 Å². The highest BCUT2D eigenvalue weighted by Crippen LogP contribution is 2.30.